The van der Waals surface area contributed by atoms with Gasteiger partial charge in [0.25, 0.3) is 5.91 Å². The van der Waals surface area contributed by atoms with Crippen LogP contribution in [0.5, 0.6) is 5.75 Å². The lowest BCUT2D eigenvalue weighted by Crippen LogP contribution is -2.21. The van der Waals surface area contributed by atoms with Gasteiger partial charge in [-0.1, -0.05) is 31.2 Å². The number of nitrogen functional groups attached to an aromatic ring is 1. The largest absolute Gasteiger partial charge is 0.496 e. The van der Waals surface area contributed by atoms with E-state index in [1.54, 1.807) is 13.2 Å². The fourth-order valence-electron chi connectivity index (χ4n) is 2.45. The number of methoxy groups -OCH3 is 1. The summed E-state index contributed by atoms with van der Waals surface area (Å²) in [6.07, 6.45) is 1.48. The number of nitrogens with two attached hydrogens (primary N) is 1. The number of hydrogen-bond acceptors (Lipinski definition) is 9. The highest BCUT2D eigenvalue weighted by Gasteiger charge is 2.25. The second-order valence-electron chi connectivity index (χ2n) is 5.80. The van der Waals surface area contributed by atoms with Gasteiger partial charge in [0.15, 0.2) is 5.69 Å². The number of amides is 1. The quantitative estimate of drug-likeness (QED) is 0.485. The van der Waals surface area contributed by atoms with Crippen LogP contribution in [-0.4, -0.2) is 44.5 Å². The summed E-state index contributed by atoms with van der Waals surface area (Å²) in [5.41, 5.74) is 9.46. The van der Waals surface area contributed by atoms with Crippen molar-refractivity contribution in [3.63, 3.8) is 0 Å². The number of ether oxygens (including phenoxy) is 1. The Bertz CT molecular complexity index is 976. The van der Waals surface area contributed by atoms with E-state index >= 15 is 0 Å². The van der Waals surface area contributed by atoms with Gasteiger partial charge in [0, 0.05) is 5.56 Å². The molecule has 0 spiro atoms. The summed E-state index contributed by atoms with van der Waals surface area (Å²) in [5, 5.41) is 19.1. The van der Waals surface area contributed by atoms with Crippen LogP contribution in [0.4, 0.5) is 5.82 Å². The van der Waals surface area contributed by atoms with Crippen molar-refractivity contribution in [1.82, 2.24) is 30.7 Å². The van der Waals surface area contributed by atoms with Crippen molar-refractivity contribution < 1.29 is 14.2 Å². The molecular formula is C16H18N8O3. The second kappa shape index (κ2) is 7.64. The standard InChI is InChI=1S/C16H18N8O3/c1-9(2)13-12(19-23-24(13)15-14(17)21-27-22-15)16(25)20-18-8-10-6-4-5-7-11(10)26-3/h4-9H,1-3H3,(H2,17,21)(H,20,25). The number of aromatic nitrogens is 5. The molecule has 0 atom stereocenters. The van der Waals surface area contributed by atoms with Crippen LogP contribution in [0.25, 0.3) is 5.82 Å². The maximum atomic E-state index is 12.5. The van der Waals surface area contributed by atoms with Crippen molar-refractivity contribution in [2.75, 3.05) is 12.8 Å². The Morgan fingerprint density at radius 3 is 2.81 bits per heavy atom. The third-order valence-electron chi connectivity index (χ3n) is 3.67. The first-order valence-corrected chi connectivity index (χ1v) is 8.03. The Kier molecular flexibility index (Phi) is 5.11. The van der Waals surface area contributed by atoms with Gasteiger partial charge < -0.3 is 10.5 Å². The number of anilines is 1. The molecule has 27 heavy (non-hydrogen) atoms. The van der Waals surface area contributed by atoms with E-state index in [9.17, 15) is 4.79 Å². The highest BCUT2D eigenvalue weighted by Crippen LogP contribution is 2.22. The van der Waals surface area contributed by atoms with Gasteiger partial charge in [-0.15, -0.1) is 5.10 Å². The second-order valence-corrected chi connectivity index (χ2v) is 5.80. The van der Waals surface area contributed by atoms with Crippen molar-refractivity contribution in [3.05, 3.63) is 41.2 Å². The smallest absolute Gasteiger partial charge is 0.293 e. The molecule has 0 fully saturated rings. The van der Waals surface area contributed by atoms with Crippen LogP contribution in [-0.2, 0) is 0 Å². The molecule has 0 saturated carbocycles. The summed E-state index contributed by atoms with van der Waals surface area (Å²) in [7, 11) is 1.56. The highest BCUT2D eigenvalue weighted by molar-refractivity contribution is 5.94. The molecule has 11 heteroatoms. The minimum Gasteiger partial charge on any atom is -0.496 e. The van der Waals surface area contributed by atoms with E-state index in [1.807, 2.05) is 32.0 Å². The summed E-state index contributed by atoms with van der Waals surface area (Å²) in [5.74, 6) is 0.227. The van der Waals surface area contributed by atoms with Crippen molar-refractivity contribution in [3.8, 4) is 11.6 Å². The lowest BCUT2D eigenvalue weighted by atomic mass is 10.1. The summed E-state index contributed by atoms with van der Waals surface area (Å²) in [4.78, 5) is 12.5. The van der Waals surface area contributed by atoms with Crippen LogP contribution < -0.4 is 15.9 Å². The summed E-state index contributed by atoms with van der Waals surface area (Å²) in [6.45, 7) is 3.77. The summed E-state index contributed by atoms with van der Waals surface area (Å²) < 4.78 is 11.1. The van der Waals surface area contributed by atoms with Gasteiger partial charge >= 0.3 is 0 Å². The lowest BCUT2D eigenvalue weighted by molar-refractivity contribution is 0.0948. The first-order valence-electron chi connectivity index (χ1n) is 8.03. The molecule has 3 rings (SSSR count). The Morgan fingerprint density at radius 1 is 1.37 bits per heavy atom. The fraction of sp³-hybridized carbons (Fsp3) is 0.250. The zero-order valence-electron chi connectivity index (χ0n) is 14.9. The average molecular weight is 370 g/mol. The van der Waals surface area contributed by atoms with Gasteiger partial charge in [0.2, 0.25) is 11.6 Å². The Hall–Kier alpha value is -3.76. The van der Waals surface area contributed by atoms with Gasteiger partial charge in [-0.2, -0.15) is 9.78 Å². The molecule has 0 aliphatic heterocycles. The molecule has 0 saturated heterocycles. The highest BCUT2D eigenvalue weighted by atomic mass is 16.6. The van der Waals surface area contributed by atoms with Gasteiger partial charge in [-0.05, 0) is 28.4 Å². The summed E-state index contributed by atoms with van der Waals surface area (Å²) >= 11 is 0. The van der Waals surface area contributed by atoms with E-state index in [0.29, 0.717) is 11.4 Å². The van der Waals surface area contributed by atoms with E-state index in [2.05, 4.69) is 35.8 Å². The van der Waals surface area contributed by atoms with Gasteiger partial charge in [0.1, 0.15) is 5.75 Å². The van der Waals surface area contributed by atoms with Crippen LogP contribution in [0, 0.1) is 0 Å². The van der Waals surface area contributed by atoms with Crippen LogP contribution in [0.15, 0.2) is 34.0 Å². The van der Waals surface area contributed by atoms with Crippen LogP contribution in [0.3, 0.4) is 0 Å². The van der Waals surface area contributed by atoms with E-state index < -0.39 is 5.91 Å². The minimum absolute atomic E-state index is 0.0444. The molecule has 140 valence electrons. The molecule has 0 bridgehead atoms. The van der Waals surface area contributed by atoms with Crippen LogP contribution in [0.1, 0.15) is 41.5 Å². The molecule has 0 aliphatic carbocycles. The molecule has 0 aliphatic rings. The number of benzene rings is 1. The minimum atomic E-state index is -0.522. The number of para-hydroxylation sites is 1. The van der Waals surface area contributed by atoms with Gasteiger partial charge in [-0.3, -0.25) is 4.79 Å². The van der Waals surface area contributed by atoms with E-state index in [0.717, 1.165) is 5.56 Å². The molecule has 3 aromatic rings. The van der Waals surface area contributed by atoms with E-state index in [-0.39, 0.29) is 23.2 Å². The lowest BCUT2D eigenvalue weighted by Gasteiger charge is -2.08. The van der Waals surface area contributed by atoms with Crippen molar-refractivity contribution >= 4 is 17.9 Å². The first kappa shape index (κ1) is 18.0. The van der Waals surface area contributed by atoms with Crippen LogP contribution in [0.2, 0.25) is 0 Å². The molecule has 1 aromatic carbocycles. The number of nitrogens with one attached hydrogen (secondary N) is 1. The molecule has 11 nitrogen and oxygen atoms in total. The number of nitrogens with zero attached hydrogens (tertiary/aromatic N) is 6. The van der Waals surface area contributed by atoms with Crippen LogP contribution >= 0.6 is 0 Å². The maximum Gasteiger partial charge on any atom is 0.293 e. The summed E-state index contributed by atoms with van der Waals surface area (Å²) in [6, 6.07) is 7.28. The molecular weight excluding hydrogens is 352 g/mol. The third kappa shape index (κ3) is 3.61. The maximum absolute atomic E-state index is 12.5. The molecule has 3 N–H and O–H groups in total. The van der Waals surface area contributed by atoms with Crippen molar-refractivity contribution in [2.24, 2.45) is 5.10 Å². The molecule has 2 aromatic heterocycles. The number of carbonyl (C=O) groups excluding carboxylic acids is 1. The monoisotopic (exact) mass is 370 g/mol. The predicted molar refractivity (Wildman–Crippen MR) is 95.8 cm³/mol. The average Bonchev–Trinajstić information content (AvgIpc) is 3.27. The SMILES string of the molecule is COc1ccccc1C=NNC(=O)c1nnn(-c2nonc2N)c1C(C)C. The molecule has 0 unspecified atom stereocenters. The first-order chi connectivity index (χ1) is 13.0. The fourth-order valence-corrected chi connectivity index (χ4v) is 2.45. The van der Waals surface area contributed by atoms with Crippen molar-refractivity contribution in [2.45, 2.75) is 19.8 Å². The van der Waals surface area contributed by atoms with Gasteiger partial charge in [-0.25, -0.2) is 10.1 Å². The normalized spacial score (nSPS) is 11.3. The number of carbonyl (C=O) groups is 1. The Labute approximate surface area is 154 Å². The zero-order chi connectivity index (χ0) is 19.4. The van der Waals surface area contributed by atoms with E-state index in [4.69, 9.17) is 10.5 Å². The number of rotatable bonds is 6. The number of hydrogen-bond donors (Lipinski definition) is 2. The molecule has 2 heterocycles. The number of hydrazone groups is 1. The van der Waals surface area contributed by atoms with Gasteiger partial charge in [0.05, 0.1) is 19.0 Å². The third-order valence-corrected chi connectivity index (χ3v) is 3.67. The predicted octanol–water partition coefficient (Wildman–Crippen LogP) is 1.13. The van der Waals surface area contributed by atoms with E-state index in [1.165, 1.54) is 10.9 Å². The Morgan fingerprint density at radius 2 is 2.15 bits per heavy atom. The van der Waals surface area contributed by atoms with Crippen molar-refractivity contribution in [1.29, 1.82) is 0 Å². The Balaban J connectivity index is 1.84. The molecule has 1 amide bonds. The topological polar surface area (TPSA) is 146 Å². The zero-order valence-corrected chi connectivity index (χ0v) is 14.9. The molecule has 0 radical (unpaired) electrons.